The molecule has 0 atom stereocenters. The smallest absolute Gasteiger partial charge is 0.202 e. The Balaban J connectivity index is 1.42. The van der Waals surface area contributed by atoms with Crippen molar-refractivity contribution in [2.75, 3.05) is 0 Å². The minimum Gasteiger partial charge on any atom is -0.461 e. The molecule has 4 heterocycles. The Labute approximate surface area is 146 Å². The summed E-state index contributed by atoms with van der Waals surface area (Å²) in [4.78, 5) is 11.5. The van der Waals surface area contributed by atoms with Crippen LogP contribution in [0.25, 0.3) is 21.7 Å². The second-order valence-electron chi connectivity index (χ2n) is 5.66. The van der Waals surface area contributed by atoms with E-state index < -0.39 is 0 Å². The zero-order valence-electron chi connectivity index (χ0n) is 12.7. The molecule has 0 saturated heterocycles. The minimum atomic E-state index is 0.653. The lowest BCUT2D eigenvalue weighted by atomic mass is 10.2. The van der Waals surface area contributed by atoms with Gasteiger partial charge in [-0.25, -0.2) is 9.97 Å². The number of rotatable bonds is 4. The summed E-state index contributed by atoms with van der Waals surface area (Å²) in [5.74, 6) is 2.06. The number of furan rings is 1. The highest BCUT2D eigenvalue weighted by molar-refractivity contribution is 7.98. The second kappa shape index (κ2) is 5.75. The second-order valence-corrected chi connectivity index (χ2v) is 7.71. The van der Waals surface area contributed by atoms with E-state index in [9.17, 15) is 0 Å². The summed E-state index contributed by atoms with van der Waals surface area (Å²) in [7, 11) is 0. The van der Waals surface area contributed by atoms with Crippen LogP contribution in [0.4, 0.5) is 0 Å². The summed E-state index contributed by atoms with van der Waals surface area (Å²) in [6.45, 7) is 0. The topological polar surface area (TPSA) is 65.0 Å². The number of aryl methyl sites for hydroxylation is 2. The molecule has 0 aromatic carbocycles. The van der Waals surface area contributed by atoms with E-state index in [-0.39, 0.29) is 0 Å². The first-order valence-electron chi connectivity index (χ1n) is 7.76. The Morgan fingerprint density at radius 1 is 1.21 bits per heavy atom. The van der Waals surface area contributed by atoms with Crippen molar-refractivity contribution in [2.24, 2.45) is 0 Å². The fourth-order valence-electron chi connectivity index (χ4n) is 3.07. The first kappa shape index (κ1) is 14.2. The molecule has 5 nitrogen and oxygen atoms in total. The molecular formula is C17H13N3O2S2. The van der Waals surface area contributed by atoms with Gasteiger partial charge in [-0.2, -0.15) is 0 Å². The number of fused-ring (bicyclic) bond motifs is 3. The van der Waals surface area contributed by atoms with Crippen molar-refractivity contribution >= 4 is 33.3 Å². The predicted molar refractivity (Wildman–Crippen MR) is 93.2 cm³/mol. The molecule has 1 aliphatic carbocycles. The van der Waals surface area contributed by atoms with Crippen LogP contribution in [0.1, 0.15) is 22.6 Å². The zero-order valence-corrected chi connectivity index (χ0v) is 14.3. The number of hydrogen-bond donors (Lipinski definition) is 0. The van der Waals surface area contributed by atoms with Crippen molar-refractivity contribution in [1.29, 1.82) is 0 Å². The van der Waals surface area contributed by atoms with Crippen LogP contribution in [0.15, 0.2) is 44.8 Å². The van der Waals surface area contributed by atoms with Crippen LogP contribution in [0.2, 0.25) is 0 Å². The first-order valence-corrected chi connectivity index (χ1v) is 9.56. The zero-order chi connectivity index (χ0) is 15.9. The van der Waals surface area contributed by atoms with Gasteiger partial charge in [0.2, 0.25) is 5.76 Å². The molecule has 0 amide bonds. The molecule has 0 radical (unpaired) electrons. The average Bonchev–Trinajstić information content (AvgIpc) is 3.34. The van der Waals surface area contributed by atoms with E-state index in [1.54, 1.807) is 24.4 Å². The van der Waals surface area contributed by atoms with Crippen LogP contribution in [0, 0.1) is 0 Å². The summed E-state index contributed by atoms with van der Waals surface area (Å²) >= 11 is 3.50. The summed E-state index contributed by atoms with van der Waals surface area (Å²) in [6, 6.07) is 5.61. The summed E-state index contributed by atoms with van der Waals surface area (Å²) in [5.41, 5.74) is 2.33. The Kier molecular flexibility index (Phi) is 3.41. The van der Waals surface area contributed by atoms with E-state index in [1.807, 2.05) is 29.5 Å². The van der Waals surface area contributed by atoms with Crippen molar-refractivity contribution < 1.29 is 8.94 Å². The van der Waals surface area contributed by atoms with E-state index in [4.69, 9.17) is 8.94 Å². The Morgan fingerprint density at radius 2 is 2.21 bits per heavy atom. The van der Waals surface area contributed by atoms with E-state index >= 15 is 0 Å². The average molecular weight is 355 g/mol. The van der Waals surface area contributed by atoms with Crippen molar-refractivity contribution in [3.8, 4) is 11.5 Å². The lowest BCUT2D eigenvalue weighted by Crippen LogP contribution is -1.88. The third-order valence-electron chi connectivity index (χ3n) is 4.15. The summed E-state index contributed by atoms with van der Waals surface area (Å²) in [5, 5.41) is 6.42. The molecular weight excluding hydrogens is 342 g/mol. The van der Waals surface area contributed by atoms with Gasteiger partial charge in [0.1, 0.15) is 16.2 Å². The van der Waals surface area contributed by atoms with Crippen molar-refractivity contribution in [2.45, 2.75) is 30.0 Å². The molecule has 0 aliphatic heterocycles. The van der Waals surface area contributed by atoms with Crippen LogP contribution < -0.4 is 0 Å². The largest absolute Gasteiger partial charge is 0.461 e. The van der Waals surface area contributed by atoms with Gasteiger partial charge in [0.25, 0.3) is 0 Å². The van der Waals surface area contributed by atoms with Gasteiger partial charge in [-0.1, -0.05) is 16.9 Å². The molecule has 7 heteroatoms. The van der Waals surface area contributed by atoms with Crippen molar-refractivity contribution in [1.82, 2.24) is 15.1 Å². The van der Waals surface area contributed by atoms with Gasteiger partial charge in [-0.15, -0.1) is 11.3 Å². The van der Waals surface area contributed by atoms with Crippen molar-refractivity contribution in [3.05, 3.63) is 46.9 Å². The molecule has 0 spiro atoms. The lowest BCUT2D eigenvalue weighted by molar-refractivity contribution is 0.413. The van der Waals surface area contributed by atoms with Gasteiger partial charge >= 0.3 is 0 Å². The van der Waals surface area contributed by atoms with Crippen LogP contribution in [0.3, 0.4) is 0 Å². The van der Waals surface area contributed by atoms with Crippen molar-refractivity contribution in [3.63, 3.8) is 0 Å². The molecule has 0 fully saturated rings. The van der Waals surface area contributed by atoms with E-state index in [1.165, 1.54) is 28.7 Å². The van der Waals surface area contributed by atoms with Gasteiger partial charge in [-0.05, 0) is 37.0 Å². The predicted octanol–water partition coefficient (Wildman–Crippen LogP) is 4.72. The monoisotopic (exact) mass is 355 g/mol. The first-order chi connectivity index (χ1) is 11.9. The van der Waals surface area contributed by atoms with E-state index in [0.717, 1.165) is 22.0 Å². The number of nitrogens with zero attached hydrogens (tertiary/aromatic N) is 3. The fraction of sp³-hybridized carbons (Fsp3) is 0.235. The van der Waals surface area contributed by atoms with E-state index in [2.05, 4.69) is 15.1 Å². The highest BCUT2D eigenvalue weighted by Gasteiger charge is 2.21. The molecule has 24 heavy (non-hydrogen) atoms. The molecule has 4 aromatic heterocycles. The third kappa shape index (κ3) is 2.35. The van der Waals surface area contributed by atoms with Gasteiger partial charge < -0.3 is 8.94 Å². The molecule has 120 valence electrons. The number of thioether (sulfide) groups is 1. The van der Waals surface area contributed by atoms with Gasteiger partial charge in [0, 0.05) is 22.1 Å². The highest BCUT2D eigenvalue weighted by atomic mass is 32.2. The van der Waals surface area contributed by atoms with Gasteiger partial charge in [0.15, 0.2) is 5.76 Å². The number of thiophene rings is 1. The number of hydrogen-bond acceptors (Lipinski definition) is 7. The third-order valence-corrected chi connectivity index (χ3v) is 6.37. The summed E-state index contributed by atoms with van der Waals surface area (Å²) < 4.78 is 10.7. The quantitative estimate of drug-likeness (QED) is 0.390. The minimum absolute atomic E-state index is 0.653. The van der Waals surface area contributed by atoms with Crippen LogP contribution >= 0.6 is 23.1 Å². The molecule has 1 aliphatic rings. The SMILES string of the molecule is c1coc(-c2cc(CSc3ncnc4sc5c(c34)CCC5)no2)c1. The normalized spacial score (nSPS) is 13.7. The standard InChI is InChI=1S/C17H13N3O2S2/c1-3-11-14(5-1)24-17-15(11)16(18-9-19-17)23-8-10-7-13(22-20-10)12-4-2-6-21-12/h2,4,6-7,9H,1,3,5,8H2. The van der Waals surface area contributed by atoms with Crippen LogP contribution in [-0.2, 0) is 18.6 Å². The number of aromatic nitrogens is 3. The Hall–Kier alpha value is -2.12. The Morgan fingerprint density at radius 3 is 3.12 bits per heavy atom. The maximum Gasteiger partial charge on any atom is 0.202 e. The molecule has 5 rings (SSSR count). The Bertz CT molecular complexity index is 1000. The maximum atomic E-state index is 5.36. The summed E-state index contributed by atoms with van der Waals surface area (Å²) in [6.07, 6.45) is 6.85. The van der Waals surface area contributed by atoms with E-state index in [0.29, 0.717) is 17.3 Å². The lowest BCUT2D eigenvalue weighted by Gasteiger charge is -2.02. The molecule has 0 saturated carbocycles. The maximum absolute atomic E-state index is 5.36. The molecule has 0 unspecified atom stereocenters. The molecule has 4 aromatic rings. The van der Waals surface area contributed by atoms with Gasteiger partial charge in [-0.3, -0.25) is 0 Å². The fourth-order valence-corrected chi connectivity index (χ4v) is 5.27. The van der Waals surface area contributed by atoms with Crippen LogP contribution in [-0.4, -0.2) is 15.1 Å². The molecule has 0 bridgehead atoms. The van der Waals surface area contributed by atoms with Gasteiger partial charge in [0.05, 0.1) is 12.0 Å². The highest BCUT2D eigenvalue weighted by Crippen LogP contribution is 2.40. The molecule has 0 N–H and O–H groups in total. The van der Waals surface area contributed by atoms with Crippen LogP contribution in [0.5, 0.6) is 0 Å².